The van der Waals surface area contributed by atoms with Crippen molar-refractivity contribution in [2.75, 3.05) is 24.1 Å². The van der Waals surface area contributed by atoms with Gasteiger partial charge in [-0.15, -0.1) is 0 Å². The van der Waals surface area contributed by atoms with E-state index < -0.39 is 11.9 Å². The van der Waals surface area contributed by atoms with Gasteiger partial charge in [-0.25, -0.2) is 9.18 Å². The maximum Gasteiger partial charge on any atom is 0.407 e. The lowest BCUT2D eigenvalue weighted by Crippen LogP contribution is -2.41. The van der Waals surface area contributed by atoms with Crippen LogP contribution in [0.2, 0.25) is 0 Å². The molecule has 5 nitrogen and oxygen atoms in total. The predicted octanol–water partition coefficient (Wildman–Crippen LogP) is 2.72. The minimum atomic E-state index is -0.887. The van der Waals surface area contributed by atoms with Crippen molar-refractivity contribution in [1.29, 1.82) is 0 Å². The Labute approximate surface area is 118 Å². The summed E-state index contributed by atoms with van der Waals surface area (Å²) in [6, 6.07) is 3.02. The van der Waals surface area contributed by atoms with Crippen molar-refractivity contribution in [3.63, 3.8) is 0 Å². The summed E-state index contributed by atoms with van der Waals surface area (Å²) in [6.07, 6.45) is 0.532. The molecule has 1 amide bonds. The van der Waals surface area contributed by atoms with Crippen LogP contribution in [-0.2, 0) is 0 Å². The second kappa shape index (κ2) is 5.64. The number of amides is 1. The molecule has 2 rings (SSSR count). The molecule has 1 saturated heterocycles. The van der Waals surface area contributed by atoms with E-state index in [2.05, 4.69) is 21.2 Å². The fourth-order valence-corrected chi connectivity index (χ4v) is 2.47. The van der Waals surface area contributed by atoms with Gasteiger partial charge in [-0.3, -0.25) is 0 Å². The van der Waals surface area contributed by atoms with Gasteiger partial charge < -0.3 is 21.1 Å². The average molecular weight is 332 g/mol. The van der Waals surface area contributed by atoms with E-state index in [4.69, 9.17) is 10.8 Å². The summed E-state index contributed by atoms with van der Waals surface area (Å²) >= 11 is 3.12. The number of nitrogens with one attached hydrogen (secondary N) is 1. The number of nitrogens with two attached hydrogens (primary N) is 1. The number of rotatable bonds is 2. The average Bonchev–Trinajstić information content (AvgIpc) is 2.36. The number of hydrogen-bond donors (Lipinski definition) is 3. The highest BCUT2D eigenvalue weighted by atomic mass is 79.9. The molecule has 0 unspecified atom stereocenters. The van der Waals surface area contributed by atoms with Gasteiger partial charge in [0.25, 0.3) is 0 Å². The lowest BCUT2D eigenvalue weighted by molar-refractivity contribution is 0.134. The van der Waals surface area contributed by atoms with E-state index in [0.717, 1.165) is 0 Å². The Morgan fingerprint density at radius 1 is 1.47 bits per heavy atom. The number of benzene rings is 1. The molecule has 1 aromatic carbocycles. The topological polar surface area (TPSA) is 78.6 Å². The van der Waals surface area contributed by atoms with E-state index in [0.29, 0.717) is 41.8 Å². The molecule has 19 heavy (non-hydrogen) atoms. The summed E-state index contributed by atoms with van der Waals surface area (Å²) in [5.74, 6) is -0.399. The van der Waals surface area contributed by atoms with Crippen LogP contribution in [0.25, 0.3) is 0 Å². The van der Waals surface area contributed by atoms with Gasteiger partial charge in [0.1, 0.15) is 5.82 Å². The van der Waals surface area contributed by atoms with Crippen molar-refractivity contribution in [3.8, 4) is 0 Å². The summed E-state index contributed by atoms with van der Waals surface area (Å²) in [5, 5.41) is 12.1. The quantitative estimate of drug-likeness (QED) is 0.728. The van der Waals surface area contributed by atoms with Crippen LogP contribution in [0.5, 0.6) is 0 Å². The Kier molecular flexibility index (Phi) is 4.14. The molecule has 1 aliphatic heterocycles. The molecule has 104 valence electrons. The zero-order valence-corrected chi connectivity index (χ0v) is 11.8. The van der Waals surface area contributed by atoms with Gasteiger partial charge in [-0.2, -0.15) is 0 Å². The third-order valence-corrected chi connectivity index (χ3v) is 3.83. The molecule has 0 atom stereocenters. The molecule has 1 fully saturated rings. The van der Waals surface area contributed by atoms with Crippen LogP contribution in [0.15, 0.2) is 16.6 Å². The molecule has 7 heteroatoms. The van der Waals surface area contributed by atoms with E-state index in [1.54, 1.807) is 6.07 Å². The molecule has 0 saturated carbocycles. The van der Waals surface area contributed by atoms with Crippen molar-refractivity contribution in [1.82, 2.24) is 4.90 Å². The molecule has 0 aliphatic carbocycles. The van der Waals surface area contributed by atoms with Gasteiger partial charge in [0.05, 0.1) is 15.8 Å². The molecule has 0 spiro atoms. The molecular weight excluding hydrogens is 317 g/mol. The van der Waals surface area contributed by atoms with Gasteiger partial charge in [0, 0.05) is 25.2 Å². The minimum absolute atomic E-state index is 0.148. The summed E-state index contributed by atoms with van der Waals surface area (Å²) in [4.78, 5) is 12.2. The second-order valence-electron chi connectivity index (χ2n) is 4.54. The summed E-state index contributed by atoms with van der Waals surface area (Å²) < 4.78 is 13.6. The normalized spacial score (nSPS) is 16.4. The van der Waals surface area contributed by atoms with Crippen molar-refractivity contribution in [2.45, 2.75) is 18.9 Å². The Balaban J connectivity index is 1.99. The fraction of sp³-hybridized carbons (Fsp3) is 0.417. The van der Waals surface area contributed by atoms with Crippen molar-refractivity contribution in [2.24, 2.45) is 0 Å². The van der Waals surface area contributed by atoms with E-state index in [9.17, 15) is 9.18 Å². The van der Waals surface area contributed by atoms with Crippen LogP contribution in [0.1, 0.15) is 12.8 Å². The number of likely N-dealkylation sites (tertiary alicyclic amines) is 1. The van der Waals surface area contributed by atoms with Gasteiger partial charge in [-0.05, 0) is 34.8 Å². The third kappa shape index (κ3) is 3.28. The Bertz CT molecular complexity index is 490. The van der Waals surface area contributed by atoms with Gasteiger partial charge in [0.2, 0.25) is 0 Å². The molecule has 1 heterocycles. The summed E-state index contributed by atoms with van der Waals surface area (Å²) in [5.41, 5.74) is 6.77. The highest BCUT2D eigenvalue weighted by Crippen LogP contribution is 2.28. The molecule has 0 bridgehead atoms. The first kappa shape index (κ1) is 13.9. The van der Waals surface area contributed by atoms with Crippen LogP contribution in [0.4, 0.5) is 20.6 Å². The number of carbonyl (C=O) groups is 1. The second-order valence-corrected chi connectivity index (χ2v) is 5.40. The smallest absolute Gasteiger partial charge is 0.407 e. The van der Waals surface area contributed by atoms with Crippen LogP contribution in [-0.4, -0.2) is 35.2 Å². The predicted molar refractivity (Wildman–Crippen MR) is 74.8 cm³/mol. The van der Waals surface area contributed by atoms with E-state index in [1.165, 1.54) is 11.0 Å². The fourth-order valence-electron chi connectivity index (χ4n) is 2.12. The highest BCUT2D eigenvalue weighted by molar-refractivity contribution is 9.10. The molecule has 4 N–H and O–H groups in total. The highest BCUT2D eigenvalue weighted by Gasteiger charge is 2.22. The monoisotopic (exact) mass is 331 g/mol. The minimum Gasteiger partial charge on any atom is -0.465 e. The largest absolute Gasteiger partial charge is 0.465 e. The zero-order valence-electron chi connectivity index (χ0n) is 10.2. The first-order chi connectivity index (χ1) is 8.97. The SMILES string of the molecule is Nc1cc(F)c(Br)cc1NC1CCN(C(=O)O)CC1. The number of carboxylic acid groups (broad SMARTS) is 1. The van der Waals surface area contributed by atoms with E-state index >= 15 is 0 Å². The van der Waals surface area contributed by atoms with Gasteiger partial charge in [-0.1, -0.05) is 0 Å². The van der Waals surface area contributed by atoms with E-state index in [1.807, 2.05) is 0 Å². The first-order valence-electron chi connectivity index (χ1n) is 5.96. The zero-order chi connectivity index (χ0) is 14.0. The first-order valence-corrected chi connectivity index (χ1v) is 6.75. The summed E-state index contributed by atoms with van der Waals surface area (Å²) in [7, 11) is 0. The number of nitrogens with zero attached hydrogens (tertiary/aromatic N) is 1. The lowest BCUT2D eigenvalue weighted by Gasteiger charge is -2.31. The number of halogens is 2. The standard InChI is InChI=1S/C12H15BrFN3O2/c13-8-5-11(10(15)6-9(8)14)16-7-1-3-17(4-2-7)12(18)19/h5-7,16H,1-4,15H2,(H,18,19). The Hall–Kier alpha value is -1.50. The van der Waals surface area contributed by atoms with Crippen LogP contribution < -0.4 is 11.1 Å². The third-order valence-electron chi connectivity index (χ3n) is 3.22. The summed E-state index contributed by atoms with van der Waals surface area (Å²) in [6.45, 7) is 0.991. The van der Waals surface area contributed by atoms with Crippen molar-refractivity contribution >= 4 is 33.4 Å². The van der Waals surface area contributed by atoms with Gasteiger partial charge >= 0.3 is 6.09 Å². The molecule has 1 aliphatic rings. The van der Waals surface area contributed by atoms with Gasteiger partial charge in [0.15, 0.2) is 0 Å². The molecule has 0 radical (unpaired) electrons. The molecule has 0 aromatic heterocycles. The van der Waals surface area contributed by atoms with Crippen molar-refractivity contribution in [3.05, 3.63) is 22.4 Å². The number of anilines is 2. The maximum absolute atomic E-state index is 13.3. The molecular formula is C12H15BrFN3O2. The molecule has 1 aromatic rings. The van der Waals surface area contributed by atoms with Crippen LogP contribution >= 0.6 is 15.9 Å². The van der Waals surface area contributed by atoms with Crippen LogP contribution in [0.3, 0.4) is 0 Å². The lowest BCUT2D eigenvalue weighted by atomic mass is 10.0. The van der Waals surface area contributed by atoms with Crippen LogP contribution in [0, 0.1) is 5.82 Å². The van der Waals surface area contributed by atoms with E-state index in [-0.39, 0.29) is 6.04 Å². The number of hydrogen-bond acceptors (Lipinski definition) is 3. The Morgan fingerprint density at radius 2 is 2.11 bits per heavy atom. The number of nitrogen functional groups attached to an aromatic ring is 1. The maximum atomic E-state index is 13.3. The Morgan fingerprint density at radius 3 is 2.68 bits per heavy atom. The number of piperidine rings is 1. The van der Waals surface area contributed by atoms with Crippen molar-refractivity contribution < 1.29 is 14.3 Å².